The monoisotopic (exact) mass is 223 g/mol. The predicted octanol–water partition coefficient (Wildman–Crippen LogP) is 2.33. The molecule has 1 aromatic rings. The van der Waals surface area contributed by atoms with Crippen molar-refractivity contribution >= 4 is 17.1 Å². The van der Waals surface area contributed by atoms with Crippen LogP contribution >= 0.6 is 11.3 Å². The average molecular weight is 223 g/mol. The lowest BCUT2D eigenvalue weighted by Crippen LogP contribution is -2.30. The van der Waals surface area contributed by atoms with E-state index in [0.717, 1.165) is 11.3 Å². The molecule has 0 aromatic carbocycles. The summed E-state index contributed by atoms with van der Waals surface area (Å²) in [5.74, 6) is 0.0967. The molecule has 0 radical (unpaired) electrons. The minimum absolute atomic E-state index is 0.0967. The van der Waals surface area contributed by atoms with Gasteiger partial charge in [0.2, 0.25) is 0 Å². The van der Waals surface area contributed by atoms with Gasteiger partial charge in [-0.1, -0.05) is 13.0 Å². The second-order valence-electron chi connectivity index (χ2n) is 3.50. The van der Waals surface area contributed by atoms with E-state index in [1.807, 2.05) is 6.07 Å². The van der Waals surface area contributed by atoms with Crippen molar-refractivity contribution in [2.45, 2.75) is 32.2 Å². The van der Waals surface area contributed by atoms with Gasteiger partial charge in [-0.3, -0.25) is 4.79 Å². The first-order valence-electron chi connectivity index (χ1n) is 5.14. The minimum atomic E-state index is -0.394. The number of rotatable bonds is 6. The normalized spacial score (nSPS) is 12.4. The fourth-order valence-electron chi connectivity index (χ4n) is 1.32. The number of nitrogens with two attached hydrogens (primary N) is 1. The van der Waals surface area contributed by atoms with Gasteiger partial charge in [-0.25, -0.2) is 0 Å². The van der Waals surface area contributed by atoms with Crippen LogP contribution in [0.2, 0.25) is 0 Å². The van der Waals surface area contributed by atoms with Crippen LogP contribution < -0.4 is 5.73 Å². The van der Waals surface area contributed by atoms with Gasteiger partial charge in [0.15, 0.2) is 5.78 Å². The van der Waals surface area contributed by atoms with E-state index < -0.39 is 6.04 Å². The molecule has 1 unspecified atom stereocenters. The molecule has 1 heterocycles. The van der Waals surface area contributed by atoms with E-state index in [4.69, 9.17) is 5.73 Å². The van der Waals surface area contributed by atoms with Crippen molar-refractivity contribution in [3.05, 3.63) is 34.5 Å². The summed E-state index contributed by atoms with van der Waals surface area (Å²) < 4.78 is 0. The quantitative estimate of drug-likeness (QED) is 0.752. The summed E-state index contributed by atoms with van der Waals surface area (Å²) in [5, 5.41) is 0. The number of hydrogen-bond acceptors (Lipinski definition) is 3. The lowest BCUT2D eigenvalue weighted by atomic mass is 10.1. The van der Waals surface area contributed by atoms with Gasteiger partial charge in [0, 0.05) is 16.2 Å². The number of aryl methyl sites for hydroxylation is 1. The Morgan fingerprint density at radius 3 is 2.80 bits per heavy atom. The van der Waals surface area contributed by atoms with Crippen LogP contribution in [0.4, 0.5) is 0 Å². The minimum Gasteiger partial charge on any atom is -0.321 e. The molecule has 3 heteroatoms. The van der Waals surface area contributed by atoms with Gasteiger partial charge >= 0.3 is 0 Å². The van der Waals surface area contributed by atoms with Crippen molar-refractivity contribution in [1.29, 1.82) is 0 Å². The van der Waals surface area contributed by atoms with E-state index >= 15 is 0 Å². The molecular weight excluding hydrogens is 206 g/mol. The zero-order valence-electron chi connectivity index (χ0n) is 9.03. The third kappa shape index (κ3) is 3.61. The topological polar surface area (TPSA) is 43.1 Å². The van der Waals surface area contributed by atoms with Crippen molar-refractivity contribution in [3.8, 4) is 0 Å². The molecule has 0 fully saturated rings. The van der Waals surface area contributed by atoms with Crippen LogP contribution in [0.3, 0.4) is 0 Å². The standard InChI is InChI=1S/C12H17NOS/c1-3-5-11(13)12(14)8-10-7-6-9(4-2)15-10/h3,6-7,11H,1,4-5,8,13H2,2H3. The van der Waals surface area contributed by atoms with Crippen molar-refractivity contribution in [3.63, 3.8) is 0 Å². The number of ketones is 1. The van der Waals surface area contributed by atoms with Gasteiger partial charge in [0.1, 0.15) is 0 Å². The summed E-state index contributed by atoms with van der Waals surface area (Å²) >= 11 is 1.69. The molecule has 0 aliphatic rings. The van der Waals surface area contributed by atoms with E-state index in [1.165, 1.54) is 4.88 Å². The van der Waals surface area contributed by atoms with Crippen LogP contribution in [0.25, 0.3) is 0 Å². The maximum Gasteiger partial charge on any atom is 0.155 e. The molecule has 0 aliphatic carbocycles. The lowest BCUT2D eigenvalue weighted by molar-refractivity contribution is -0.119. The van der Waals surface area contributed by atoms with Crippen LogP contribution in [0.15, 0.2) is 24.8 Å². The molecule has 1 atom stereocenters. The Kier molecular flexibility index (Phi) is 4.72. The highest BCUT2D eigenvalue weighted by Crippen LogP contribution is 2.18. The highest BCUT2D eigenvalue weighted by Gasteiger charge is 2.13. The Balaban J connectivity index is 2.53. The first-order chi connectivity index (χ1) is 7.17. The third-order valence-electron chi connectivity index (χ3n) is 2.25. The van der Waals surface area contributed by atoms with Crippen molar-refractivity contribution in [2.75, 3.05) is 0 Å². The molecule has 0 saturated carbocycles. The van der Waals surface area contributed by atoms with Gasteiger partial charge in [0.25, 0.3) is 0 Å². The fourth-order valence-corrected chi connectivity index (χ4v) is 2.29. The van der Waals surface area contributed by atoms with Crippen molar-refractivity contribution < 1.29 is 4.79 Å². The van der Waals surface area contributed by atoms with Gasteiger partial charge in [-0.15, -0.1) is 17.9 Å². The Labute approximate surface area is 94.8 Å². The molecule has 0 aliphatic heterocycles. The third-order valence-corrected chi connectivity index (χ3v) is 3.48. The van der Waals surface area contributed by atoms with E-state index in [1.54, 1.807) is 17.4 Å². The maximum absolute atomic E-state index is 11.6. The molecule has 1 aromatic heterocycles. The summed E-state index contributed by atoms with van der Waals surface area (Å²) in [7, 11) is 0. The highest BCUT2D eigenvalue weighted by molar-refractivity contribution is 7.12. The van der Waals surface area contributed by atoms with Gasteiger partial charge in [-0.05, 0) is 25.0 Å². The molecule has 82 valence electrons. The van der Waals surface area contributed by atoms with Crippen LogP contribution in [-0.4, -0.2) is 11.8 Å². The SMILES string of the molecule is C=CCC(N)C(=O)Cc1ccc(CC)s1. The van der Waals surface area contributed by atoms with Crippen LogP contribution in [-0.2, 0) is 17.6 Å². The Bertz CT molecular complexity index is 343. The summed E-state index contributed by atoms with van der Waals surface area (Å²) in [5.41, 5.74) is 5.70. The first kappa shape index (κ1) is 12.1. The van der Waals surface area contributed by atoms with Crippen LogP contribution in [0, 0.1) is 0 Å². The van der Waals surface area contributed by atoms with E-state index in [2.05, 4.69) is 19.6 Å². The van der Waals surface area contributed by atoms with Gasteiger partial charge in [0.05, 0.1) is 6.04 Å². The summed E-state index contributed by atoms with van der Waals surface area (Å²) in [6, 6.07) is 3.70. The van der Waals surface area contributed by atoms with Gasteiger partial charge < -0.3 is 5.73 Å². The maximum atomic E-state index is 11.6. The Morgan fingerprint density at radius 2 is 2.27 bits per heavy atom. The number of thiophene rings is 1. The molecule has 1 rings (SSSR count). The zero-order valence-corrected chi connectivity index (χ0v) is 9.85. The second kappa shape index (κ2) is 5.83. The van der Waals surface area contributed by atoms with E-state index in [9.17, 15) is 4.79 Å². The smallest absolute Gasteiger partial charge is 0.155 e. The Hall–Kier alpha value is -0.930. The highest BCUT2D eigenvalue weighted by atomic mass is 32.1. The molecule has 15 heavy (non-hydrogen) atoms. The number of Topliss-reactive ketones (excluding diaryl/α,β-unsaturated/α-hetero) is 1. The second-order valence-corrected chi connectivity index (χ2v) is 4.75. The number of carbonyl (C=O) groups excluding carboxylic acids is 1. The van der Waals surface area contributed by atoms with Crippen LogP contribution in [0.1, 0.15) is 23.1 Å². The Morgan fingerprint density at radius 1 is 1.60 bits per heavy atom. The van der Waals surface area contributed by atoms with E-state index in [0.29, 0.717) is 12.8 Å². The molecule has 0 saturated heterocycles. The van der Waals surface area contributed by atoms with E-state index in [-0.39, 0.29) is 5.78 Å². The molecule has 0 bridgehead atoms. The zero-order chi connectivity index (χ0) is 11.3. The average Bonchev–Trinajstić information content (AvgIpc) is 2.66. The largest absolute Gasteiger partial charge is 0.321 e. The summed E-state index contributed by atoms with van der Waals surface area (Å²) in [6.07, 6.45) is 3.73. The van der Waals surface area contributed by atoms with Crippen molar-refractivity contribution in [1.82, 2.24) is 0 Å². The molecule has 2 N–H and O–H groups in total. The first-order valence-corrected chi connectivity index (χ1v) is 5.95. The summed E-state index contributed by atoms with van der Waals surface area (Å²) in [6.45, 7) is 5.69. The van der Waals surface area contributed by atoms with Crippen molar-refractivity contribution in [2.24, 2.45) is 5.73 Å². The summed E-state index contributed by atoms with van der Waals surface area (Å²) in [4.78, 5) is 14.1. The number of hydrogen-bond donors (Lipinski definition) is 1. The van der Waals surface area contributed by atoms with Crippen LogP contribution in [0.5, 0.6) is 0 Å². The fraction of sp³-hybridized carbons (Fsp3) is 0.417. The number of carbonyl (C=O) groups is 1. The molecule has 2 nitrogen and oxygen atoms in total. The van der Waals surface area contributed by atoms with Gasteiger partial charge in [-0.2, -0.15) is 0 Å². The molecular formula is C12H17NOS. The molecule has 0 spiro atoms. The predicted molar refractivity (Wildman–Crippen MR) is 65.2 cm³/mol. The molecule has 0 amide bonds. The lowest BCUT2D eigenvalue weighted by Gasteiger charge is -2.05.